The topological polar surface area (TPSA) is 122 Å². The second-order valence-corrected chi connectivity index (χ2v) is 9.35. The lowest BCUT2D eigenvalue weighted by molar-refractivity contribution is -0.167. The molecule has 0 heterocycles. The number of hydrogen-bond donors (Lipinski definition) is 0. The first kappa shape index (κ1) is 31.0. The molecule has 3 rings (SSSR count). The number of ketones is 1. The second kappa shape index (κ2) is 15.3. The summed E-state index contributed by atoms with van der Waals surface area (Å²) < 4.78 is 22.1. The van der Waals surface area contributed by atoms with Crippen molar-refractivity contribution in [3.8, 4) is 0 Å². The fourth-order valence-electron chi connectivity index (χ4n) is 4.18. The number of esters is 4. The van der Waals surface area contributed by atoms with Crippen molar-refractivity contribution in [1.82, 2.24) is 0 Å². The fraction of sp³-hybridized carbons (Fsp3) is 0.344. The highest BCUT2D eigenvalue weighted by Gasteiger charge is 2.51. The first-order chi connectivity index (χ1) is 19.8. The number of carbonyl (C=O) groups excluding carboxylic acids is 5. The van der Waals surface area contributed by atoms with Crippen LogP contribution in [0, 0.1) is 0 Å². The molecule has 1 aliphatic carbocycles. The van der Waals surface area contributed by atoms with Crippen molar-refractivity contribution >= 4 is 29.7 Å². The van der Waals surface area contributed by atoms with Crippen molar-refractivity contribution in [2.75, 3.05) is 6.61 Å². The molecule has 0 unspecified atom stereocenters. The summed E-state index contributed by atoms with van der Waals surface area (Å²) in [6, 6.07) is 16.3. The molecule has 9 heteroatoms. The van der Waals surface area contributed by atoms with Crippen LogP contribution in [-0.4, -0.2) is 54.1 Å². The Labute approximate surface area is 239 Å². The van der Waals surface area contributed by atoms with E-state index in [1.807, 2.05) is 6.92 Å². The minimum Gasteiger partial charge on any atom is -0.466 e. The first-order valence-electron chi connectivity index (χ1n) is 13.6. The van der Waals surface area contributed by atoms with Crippen LogP contribution in [0.5, 0.6) is 0 Å². The van der Waals surface area contributed by atoms with Crippen LogP contribution < -0.4 is 0 Å². The summed E-state index contributed by atoms with van der Waals surface area (Å²) in [5.41, 5.74) is -1.39. The molecular weight excluding hydrogens is 528 g/mol. The smallest absolute Gasteiger partial charge is 0.338 e. The zero-order valence-corrected chi connectivity index (χ0v) is 23.2. The van der Waals surface area contributed by atoms with E-state index in [0.29, 0.717) is 6.42 Å². The zero-order chi connectivity index (χ0) is 29.7. The molecule has 0 aliphatic heterocycles. The van der Waals surface area contributed by atoms with E-state index in [4.69, 9.17) is 18.9 Å². The Morgan fingerprint density at radius 2 is 1.41 bits per heavy atom. The van der Waals surface area contributed by atoms with E-state index < -0.39 is 48.1 Å². The maximum Gasteiger partial charge on any atom is 0.338 e. The third-order valence-electron chi connectivity index (χ3n) is 6.23. The largest absolute Gasteiger partial charge is 0.466 e. The third-order valence-corrected chi connectivity index (χ3v) is 6.23. The van der Waals surface area contributed by atoms with E-state index in [-0.39, 0.29) is 29.9 Å². The average Bonchev–Trinajstić information content (AvgIpc) is 3.28. The minimum atomic E-state index is -1.85. The van der Waals surface area contributed by atoms with Gasteiger partial charge in [0.25, 0.3) is 0 Å². The summed E-state index contributed by atoms with van der Waals surface area (Å²) in [6.45, 7) is 3.68. The van der Waals surface area contributed by atoms with Gasteiger partial charge in [0.15, 0.2) is 23.6 Å². The van der Waals surface area contributed by atoms with Crippen molar-refractivity contribution in [3.63, 3.8) is 0 Å². The Balaban J connectivity index is 1.96. The lowest BCUT2D eigenvalue weighted by Crippen LogP contribution is -2.49. The number of allylic oxidation sites excluding steroid dienone is 1. The summed E-state index contributed by atoms with van der Waals surface area (Å²) in [5.74, 6) is -3.49. The first-order valence-corrected chi connectivity index (χ1v) is 13.6. The molecule has 1 aliphatic rings. The van der Waals surface area contributed by atoms with E-state index in [2.05, 4.69) is 0 Å². The molecule has 9 nitrogen and oxygen atoms in total. The van der Waals surface area contributed by atoms with Gasteiger partial charge in [-0.15, -0.1) is 0 Å². The molecule has 0 saturated heterocycles. The Bertz CT molecular complexity index is 1270. The van der Waals surface area contributed by atoms with Crippen LogP contribution in [0.1, 0.15) is 66.7 Å². The number of ether oxygens (including phenoxy) is 4. The minimum absolute atomic E-state index is 0.0676. The number of hydrogen-bond acceptors (Lipinski definition) is 9. The number of benzene rings is 2. The van der Waals surface area contributed by atoms with E-state index in [1.165, 1.54) is 36.4 Å². The standard InChI is InChI=1S/C32H34O9/c1-3-5-8-17-25(33)18-20-32(41-28(35)22-27(34)38-4-2)21-19-26(39-30(36)23-13-9-6-10-14-23)29(32)40-31(37)24-15-11-7-12-16-24/h6-7,9-16,18-21,26,29H,3-5,8,17,22H2,1-2H3/t26-,29-,32-/m0/s1. The third kappa shape index (κ3) is 8.99. The summed E-state index contributed by atoms with van der Waals surface area (Å²) in [7, 11) is 0. The molecule has 0 amide bonds. The van der Waals surface area contributed by atoms with E-state index in [0.717, 1.165) is 12.8 Å². The average molecular weight is 563 g/mol. The molecular formula is C32H34O9. The van der Waals surface area contributed by atoms with E-state index in [9.17, 15) is 24.0 Å². The van der Waals surface area contributed by atoms with Crippen LogP contribution in [0.15, 0.2) is 85.0 Å². The van der Waals surface area contributed by atoms with Gasteiger partial charge in [0.2, 0.25) is 0 Å². The van der Waals surface area contributed by atoms with Gasteiger partial charge in [0.05, 0.1) is 17.7 Å². The van der Waals surface area contributed by atoms with Crippen molar-refractivity contribution < 1.29 is 42.9 Å². The van der Waals surface area contributed by atoms with Gasteiger partial charge in [0.1, 0.15) is 6.42 Å². The summed E-state index contributed by atoms with van der Waals surface area (Å²) >= 11 is 0. The van der Waals surface area contributed by atoms with Gasteiger partial charge >= 0.3 is 23.9 Å². The number of rotatable bonds is 14. The van der Waals surface area contributed by atoms with Crippen molar-refractivity contribution in [2.24, 2.45) is 0 Å². The van der Waals surface area contributed by atoms with Gasteiger partial charge in [-0.25, -0.2) is 9.59 Å². The second-order valence-electron chi connectivity index (χ2n) is 9.35. The van der Waals surface area contributed by atoms with Gasteiger partial charge < -0.3 is 18.9 Å². The van der Waals surface area contributed by atoms with Gasteiger partial charge in [-0.1, -0.05) is 56.2 Å². The predicted molar refractivity (Wildman–Crippen MR) is 149 cm³/mol. The molecule has 0 spiro atoms. The monoisotopic (exact) mass is 562 g/mol. The summed E-state index contributed by atoms with van der Waals surface area (Å²) in [6.07, 6.45) is 4.80. The zero-order valence-electron chi connectivity index (χ0n) is 23.2. The Morgan fingerprint density at radius 3 is 2.00 bits per heavy atom. The van der Waals surface area contributed by atoms with Crippen LogP contribution in [0.25, 0.3) is 0 Å². The summed E-state index contributed by atoms with van der Waals surface area (Å²) in [4.78, 5) is 63.6. The van der Waals surface area contributed by atoms with Gasteiger partial charge in [-0.2, -0.15) is 0 Å². The number of carbonyl (C=O) groups is 5. The molecule has 41 heavy (non-hydrogen) atoms. The van der Waals surface area contributed by atoms with Crippen LogP contribution in [-0.2, 0) is 33.3 Å². The highest BCUT2D eigenvalue weighted by molar-refractivity contribution is 5.93. The molecule has 0 saturated carbocycles. The van der Waals surface area contributed by atoms with Crippen molar-refractivity contribution in [3.05, 3.63) is 96.1 Å². The maximum absolute atomic E-state index is 13.2. The molecule has 2 aromatic carbocycles. The van der Waals surface area contributed by atoms with E-state index in [1.54, 1.807) is 55.5 Å². The van der Waals surface area contributed by atoms with Crippen molar-refractivity contribution in [1.29, 1.82) is 0 Å². The highest BCUT2D eigenvalue weighted by Crippen LogP contribution is 2.35. The number of unbranched alkanes of at least 4 members (excludes halogenated alkanes) is 2. The lowest BCUT2D eigenvalue weighted by Gasteiger charge is -2.33. The van der Waals surface area contributed by atoms with Crippen LogP contribution in [0.3, 0.4) is 0 Å². The summed E-state index contributed by atoms with van der Waals surface area (Å²) in [5, 5.41) is 0. The van der Waals surface area contributed by atoms with Crippen LogP contribution >= 0.6 is 0 Å². The van der Waals surface area contributed by atoms with Crippen LogP contribution in [0.2, 0.25) is 0 Å². The Morgan fingerprint density at radius 1 is 0.805 bits per heavy atom. The van der Waals surface area contributed by atoms with Crippen molar-refractivity contribution in [2.45, 2.75) is 63.8 Å². The van der Waals surface area contributed by atoms with Crippen LogP contribution in [0.4, 0.5) is 0 Å². The van der Waals surface area contributed by atoms with Gasteiger partial charge in [0, 0.05) is 6.42 Å². The molecule has 0 aromatic heterocycles. The van der Waals surface area contributed by atoms with E-state index >= 15 is 0 Å². The normalized spacial score (nSPS) is 19.5. The molecule has 0 bridgehead atoms. The maximum atomic E-state index is 13.2. The lowest BCUT2D eigenvalue weighted by atomic mass is 9.96. The Hall–Kier alpha value is -4.53. The van der Waals surface area contributed by atoms with Gasteiger partial charge in [-0.05, 0) is 61.9 Å². The Kier molecular flexibility index (Phi) is 11.6. The quantitative estimate of drug-likeness (QED) is 0.0786. The van der Waals surface area contributed by atoms with Gasteiger partial charge in [-0.3, -0.25) is 14.4 Å². The SMILES string of the molecule is CCCCCC(=O)C=C[C@]1(OC(=O)CC(=O)OCC)C=C[C@H](OC(=O)c2ccccc2)[C@@H]1OC(=O)c1ccccc1. The molecule has 0 fully saturated rings. The molecule has 2 aromatic rings. The fourth-order valence-corrected chi connectivity index (χ4v) is 4.18. The molecule has 0 radical (unpaired) electrons. The molecule has 0 N–H and O–H groups in total. The predicted octanol–water partition coefficient (Wildman–Crippen LogP) is 4.95. The molecule has 3 atom stereocenters. The highest BCUT2D eigenvalue weighted by atomic mass is 16.6. The molecule has 216 valence electrons.